The van der Waals surface area contributed by atoms with Crippen molar-refractivity contribution >= 4 is 53.1 Å². The number of halogens is 2. The molecule has 0 amide bonds. The highest BCUT2D eigenvalue weighted by molar-refractivity contribution is 8.00. The Labute approximate surface area is 344 Å². The third kappa shape index (κ3) is 13.4. The summed E-state index contributed by atoms with van der Waals surface area (Å²) in [5.74, 6) is 0.129. The number of ether oxygens (including phenoxy) is 5. The van der Waals surface area contributed by atoms with Crippen molar-refractivity contribution in [3.63, 3.8) is 0 Å². The van der Waals surface area contributed by atoms with Crippen LogP contribution in [-0.4, -0.2) is 78.3 Å². The van der Waals surface area contributed by atoms with Crippen molar-refractivity contribution in [2.75, 3.05) is 23.0 Å². The Morgan fingerprint density at radius 2 is 1.38 bits per heavy atom. The molecule has 0 spiro atoms. The Morgan fingerprint density at radius 3 is 1.88 bits per heavy atom. The van der Waals surface area contributed by atoms with E-state index in [1.165, 1.54) is 36.9 Å². The molecule has 0 aromatic carbocycles. The monoisotopic (exact) mass is 858 g/mol. The van der Waals surface area contributed by atoms with E-state index in [2.05, 4.69) is 51.5 Å². The van der Waals surface area contributed by atoms with Crippen molar-refractivity contribution < 1.29 is 46.8 Å². The van der Waals surface area contributed by atoms with Crippen LogP contribution < -0.4 is 22.8 Å². The van der Waals surface area contributed by atoms with Crippen molar-refractivity contribution in [1.29, 1.82) is 0 Å². The molecule has 4 fully saturated rings. The summed E-state index contributed by atoms with van der Waals surface area (Å²) in [4.78, 5) is 66.5. The van der Waals surface area contributed by atoms with Crippen LogP contribution in [0.1, 0.15) is 93.2 Å². The number of hydrogen-bond acceptors (Lipinski definition) is 16. The maximum absolute atomic E-state index is 13.6. The molecule has 2 saturated heterocycles. The van der Waals surface area contributed by atoms with Crippen molar-refractivity contribution in [1.82, 2.24) is 19.5 Å². The fraction of sp³-hybridized carbons (Fsp3) is 0.711. The predicted molar refractivity (Wildman–Crippen MR) is 214 cm³/mol. The second-order valence-electron chi connectivity index (χ2n) is 15.8. The first-order chi connectivity index (χ1) is 27.3. The zero-order valence-electron chi connectivity index (χ0n) is 33.9. The number of aromatic amines is 1. The molecule has 2 aromatic rings. The quantitative estimate of drug-likeness (QED) is 0.234. The van der Waals surface area contributed by atoms with Crippen LogP contribution in [0.15, 0.2) is 22.0 Å². The van der Waals surface area contributed by atoms with Gasteiger partial charge < -0.3 is 35.2 Å². The summed E-state index contributed by atoms with van der Waals surface area (Å²) in [6.45, 7) is 14.4. The Balaban J connectivity index is 0.000000214. The number of aromatic nitrogens is 4. The first-order valence-corrected chi connectivity index (χ1v) is 21.6. The van der Waals surface area contributed by atoms with Gasteiger partial charge in [-0.1, -0.05) is 54.4 Å². The fourth-order valence-corrected chi connectivity index (χ4v) is 9.23. The lowest BCUT2D eigenvalue weighted by atomic mass is 9.75. The zero-order chi connectivity index (χ0) is 42.8. The van der Waals surface area contributed by atoms with E-state index in [1.807, 2.05) is 4.98 Å². The lowest BCUT2D eigenvalue weighted by Gasteiger charge is -2.37. The van der Waals surface area contributed by atoms with Crippen LogP contribution in [-0.2, 0) is 38.1 Å². The highest BCUT2D eigenvalue weighted by Crippen LogP contribution is 2.39. The minimum Gasteiger partial charge on any atom is -0.459 e. The highest BCUT2D eigenvalue weighted by atomic mass is 32.2. The fourth-order valence-electron chi connectivity index (χ4n) is 7.38. The number of hydrogen-bond donors (Lipinski definition) is 3. The third-order valence-electron chi connectivity index (χ3n) is 10.5. The van der Waals surface area contributed by atoms with Gasteiger partial charge in [-0.3, -0.25) is 14.3 Å². The molecule has 324 valence electrons. The van der Waals surface area contributed by atoms with E-state index in [1.54, 1.807) is 0 Å². The topological polar surface area (TPSA) is 230 Å². The molecular formula is C38H56F2N6O10S2. The van der Waals surface area contributed by atoms with E-state index in [0.717, 1.165) is 49.1 Å². The average Bonchev–Trinajstić information content (AvgIpc) is 3.82. The normalized spacial score (nSPS) is 29.4. The number of thioether (sulfide) groups is 2. The van der Waals surface area contributed by atoms with Crippen molar-refractivity contribution in [2.45, 2.75) is 123 Å². The highest BCUT2D eigenvalue weighted by Gasteiger charge is 2.40. The summed E-state index contributed by atoms with van der Waals surface area (Å²) in [6, 6.07) is 0. The number of nitrogen functional groups attached to an aromatic ring is 2. The number of esters is 3. The third-order valence-corrected chi connectivity index (χ3v) is 12.7. The number of nitrogens with one attached hydrogen (secondary N) is 1. The molecule has 0 radical (unpaired) electrons. The lowest BCUT2D eigenvalue weighted by Crippen LogP contribution is -2.38. The summed E-state index contributed by atoms with van der Waals surface area (Å²) in [7, 11) is 0. The smallest absolute Gasteiger partial charge is 0.351 e. The number of rotatable bonds is 8. The summed E-state index contributed by atoms with van der Waals surface area (Å²) in [5, 5.41) is 0. The standard InChI is InChI=1S/C18H26FN3O4S.C16H26O5S.C4H4FN3O/c1-9(2)11-5-4-10(3)6-13(11)25-16(23)17-26-14(8-27-17)22-7-12(19)15(20)21-18(22)24;1-9(2)12-6-5-10(3)7-13(12)20-15(18)16-21-14(8-22-16)19-11(4)17;5-2-1-7-4(9)8-3(2)6/h7,9-11,13-14,17H,4-6,8H2,1-3H3,(H2,20,21,24);9-10,12-14,16H,5-8H2,1-4H3;1H,(H3,6,7,8,9)/t10-,11+,13-,14+,17+;10-,12+,13-,14-,16+;/m11./s1. The Kier molecular flexibility index (Phi) is 17.4. The van der Waals surface area contributed by atoms with Gasteiger partial charge in [0.15, 0.2) is 17.5 Å². The summed E-state index contributed by atoms with van der Waals surface area (Å²) in [5.41, 5.74) is 7.36. The van der Waals surface area contributed by atoms with Crippen LogP contribution >= 0.6 is 23.5 Å². The van der Waals surface area contributed by atoms with Gasteiger partial charge in [0.05, 0.1) is 18.1 Å². The molecule has 4 heterocycles. The van der Waals surface area contributed by atoms with Crippen LogP contribution in [0.25, 0.3) is 0 Å². The first kappa shape index (κ1) is 46.9. The van der Waals surface area contributed by atoms with Crippen LogP contribution in [0.3, 0.4) is 0 Å². The lowest BCUT2D eigenvalue weighted by molar-refractivity contribution is -0.185. The number of carbonyl (C=O) groups excluding carboxylic acids is 3. The van der Waals surface area contributed by atoms with Crippen molar-refractivity contribution in [2.24, 2.45) is 35.5 Å². The Bertz CT molecular complexity index is 1840. The van der Waals surface area contributed by atoms with Crippen molar-refractivity contribution in [3.05, 3.63) is 45.0 Å². The summed E-state index contributed by atoms with van der Waals surface area (Å²) < 4.78 is 54.4. The summed E-state index contributed by atoms with van der Waals surface area (Å²) >= 11 is 2.56. The molecule has 6 rings (SSSR count). The van der Waals surface area contributed by atoms with Gasteiger partial charge in [0, 0.05) is 12.7 Å². The first-order valence-electron chi connectivity index (χ1n) is 19.5. The minimum atomic E-state index is -0.840. The number of nitrogens with two attached hydrogens (primary N) is 2. The maximum Gasteiger partial charge on any atom is 0.351 e. The van der Waals surface area contributed by atoms with Gasteiger partial charge in [0.2, 0.25) is 17.2 Å². The predicted octanol–water partition coefficient (Wildman–Crippen LogP) is 5.02. The largest absolute Gasteiger partial charge is 0.459 e. The molecule has 2 aliphatic heterocycles. The molecule has 10 atom stereocenters. The number of H-pyrrole nitrogens is 1. The minimum absolute atomic E-state index is 0.0341. The van der Waals surface area contributed by atoms with E-state index in [4.69, 9.17) is 35.2 Å². The van der Waals surface area contributed by atoms with Gasteiger partial charge in [-0.05, 0) is 61.2 Å². The Hall–Kier alpha value is -3.75. The van der Waals surface area contributed by atoms with Crippen LogP contribution in [0.4, 0.5) is 20.4 Å². The Morgan fingerprint density at radius 1 is 0.845 bits per heavy atom. The van der Waals surface area contributed by atoms with Gasteiger partial charge in [0.25, 0.3) is 0 Å². The molecule has 16 nitrogen and oxygen atoms in total. The second kappa shape index (κ2) is 21.5. The van der Waals surface area contributed by atoms with Crippen LogP contribution in [0.2, 0.25) is 0 Å². The molecule has 58 heavy (non-hydrogen) atoms. The van der Waals surface area contributed by atoms with E-state index in [0.29, 0.717) is 47.0 Å². The van der Waals surface area contributed by atoms with E-state index >= 15 is 0 Å². The number of anilines is 2. The molecule has 0 unspecified atom stereocenters. The van der Waals surface area contributed by atoms with Gasteiger partial charge >= 0.3 is 29.3 Å². The number of nitrogens with zero attached hydrogens (tertiary/aromatic N) is 3. The van der Waals surface area contributed by atoms with Crippen molar-refractivity contribution in [3.8, 4) is 0 Å². The summed E-state index contributed by atoms with van der Waals surface area (Å²) in [6.07, 6.45) is 6.40. The van der Waals surface area contributed by atoms with Crippen LogP contribution in [0, 0.1) is 47.1 Å². The van der Waals surface area contributed by atoms with Gasteiger partial charge in [0.1, 0.15) is 24.3 Å². The van der Waals surface area contributed by atoms with Crippen LogP contribution in [0.5, 0.6) is 0 Å². The molecule has 2 aliphatic carbocycles. The second-order valence-corrected chi connectivity index (χ2v) is 18.0. The molecule has 2 saturated carbocycles. The molecular weight excluding hydrogens is 803 g/mol. The molecule has 2 aromatic heterocycles. The zero-order valence-corrected chi connectivity index (χ0v) is 35.5. The molecule has 5 N–H and O–H groups in total. The maximum atomic E-state index is 13.6. The average molecular weight is 859 g/mol. The van der Waals surface area contributed by atoms with E-state index in [-0.39, 0.29) is 24.0 Å². The molecule has 20 heteroatoms. The van der Waals surface area contributed by atoms with Gasteiger partial charge in [-0.15, -0.1) is 23.5 Å². The molecule has 4 aliphatic rings. The van der Waals surface area contributed by atoms with Gasteiger partial charge in [-0.25, -0.2) is 28.0 Å². The van der Waals surface area contributed by atoms with Gasteiger partial charge in [-0.2, -0.15) is 9.97 Å². The number of carbonyl (C=O) groups is 3. The molecule has 0 bridgehead atoms. The van der Waals surface area contributed by atoms with E-state index < -0.39 is 64.2 Å². The van der Waals surface area contributed by atoms with E-state index in [9.17, 15) is 32.8 Å². The SMILES string of the molecule is CC(=O)O[C@H]1CS[C@@H](C(=O)O[C@@H]2C[C@H](C)CC[C@H]2C(C)C)O1.CC(C)[C@@H]1CC[C@@H](C)C[C@H]1OC(=O)[C@H]1O[C@H](n2cc(F)c(N)nc2=O)CS1.Nc1[nH]c(=O)ncc1F.